The molecule has 11 heteroatoms. The van der Waals surface area contributed by atoms with E-state index in [0.717, 1.165) is 10.1 Å². The Morgan fingerprint density at radius 1 is 1.54 bits per heavy atom. The molecule has 1 aromatic rings. The molecule has 8 nitrogen and oxygen atoms in total. The SMILES string of the molecule is C=CCSc1nnc(NC(=O)C2CCCN(S(=O)(=O)N(C)C)C2)s1. The number of amides is 1. The molecule has 2 heterocycles. The van der Waals surface area contributed by atoms with Crippen molar-refractivity contribution in [3.05, 3.63) is 12.7 Å². The summed E-state index contributed by atoms with van der Waals surface area (Å²) in [7, 11) is -0.519. The van der Waals surface area contributed by atoms with Crippen molar-refractivity contribution in [2.45, 2.75) is 17.2 Å². The zero-order valence-electron chi connectivity index (χ0n) is 13.6. The van der Waals surface area contributed by atoms with E-state index >= 15 is 0 Å². The zero-order chi connectivity index (χ0) is 17.7. The van der Waals surface area contributed by atoms with Crippen molar-refractivity contribution in [3.63, 3.8) is 0 Å². The molecule has 0 saturated carbocycles. The van der Waals surface area contributed by atoms with Gasteiger partial charge in [-0.15, -0.1) is 16.8 Å². The standard InChI is InChI=1S/C13H21N5O3S3/c1-4-8-22-13-16-15-12(23-13)14-11(19)10-6-5-7-18(9-10)24(20,21)17(2)3/h4,10H,1,5-9H2,2-3H3,(H,14,15,19). The molecule has 1 amide bonds. The lowest BCUT2D eigenvalue weighted by Gasteiger charge is -2.32. The molecular formula is C13H21N5O3S3. The summed E-state index contributed by atoms with van der Waals surface area (Å²) in [6.07, 6.45) is 3.08. The average molecular weight is 392 g/mol. The van der Waals surface area contributed by atoms with Crippen molar-refractivity contribution in [2.24, 2.45) is 5.92 Å². The third-order valence-corrected chi connectivity index (χ3v) is 7.38. The summed E-state index contributed by atoms with van der Waals surface area (Å²) in [5.41, 5.74) is 0. The molecule has 0 radical (unpaired) electrons. The highest BCUT2D eigenvalue weighted by atomic mass is 32.2. The number of hydrogen-bond donors (Lipinski definition) is 1. The van der Waals surface area contributed by atoms with Crippen molar-refractivity contribution in [3.8, 4) is 0 Å². The summed E-state index contributed by atoms with van der Waals surface area (Å²) in [6, 6.07) is 0. The molecule has 24 heavy (non-hydrogen) atoms. The van der Waals surface area contributed by atoms with Gasteiger partial charge in [-0.3, -0.25) is 4.79 Å². The molecule has 1 N–H and O–H groups in total. The van der Waals surface area contributed by atoms with E-state index in [0.29, 0.717) is 24.5 Å². The van der Waals surface area contributed by atoms with E-state index in [9.17, 15) is 13.2 Å². The van der Waals surface area contributed by atoms with Crippen molar-refractivity contribution in [1.82, 2.24) is 18.8 Å². The monoisotopic (exact) mass is 391 g/mol. The van der Waals surface area contributed by atoms with Crippen LogP contribution in [0.15, 0.2) is 17.0 Å². The van der Waals surface area contributed by atoms with Gasteiger partial charge in [0.25, 0.3) is 10.2 Å². The number of aromatic nitrogens is 2. The highest BCUT2D eigenvalue weighted by Gasteiger charge is 2.33. The summed E-state index contributed by atoms with van der Waals surface area (Å²) in [5, 5.41) is 11.1. The van der Waals surface area contributed by atoms with E-state index < -0.39 is 10.2 Å². The fourth-order valence-corrected chi connectivity index (χ4v) is 4.96. The Morgan fingerprint density at radius 3 is 2.96 bits per heavy atom. The van der Waals surface area contributed by atoms with Gasteiger partial charge in [0.15, 0.2) is 4.34 Å². The van der Waals surface area contributed by atoms with Gasteiger partial charge >= 0.3 is 0 Å². The number of anilines is 1. The second-order valence-corrected chi connectivity index (χ2v) is 9.84. The second-order valence-electron chi connectivity index (χ2n) is 5.45. The maximum Gasteiger partial charge on any atom is 0.281 e. The van der Waals surface area contributed by atoms with Gasteiger partial charge in [-0.1, -0.05) is 29.2 Å². The number of hydrogen-bond acceptors (Lipinski definition) is 7. The number of piperidine rings is 1. The van der Waals surface area contributed by atoms with E-state index in [1.54, 1.807) is 6.08 Å². The van der Waals surface area contributed by atoms with Crippen molar-refractivity contribution < 1.29 is 13.2 Å². The van der Waals surface area contributed by atoms with E-state index in [2.05, 4.69) is 22.1 Å². The van der Waals surface area contributed by atoms with Crippen molar-refractivity contribution >= 4 is 44.3 Å². The molecule has 0 aliphatic carbocycles. The number of carbonyl (C=O) groups excluding carboxylic acids is 1. The Hall–Kier alpha value is -1.01. The minimum atomic E-state index is -3.50. The van der Waals surface area contributed by atoms with Gasteiger partial charge < -0.3 is 5.32 Å². The van der Waals surface area contributed by atoms with Crippen LogP contribution in [0.1, 0.15) is 12.8 Å². The summed E-state index contributed by atoms with van der Waals surface area (Å²) in [6.45, 7) is 4.26. The molecule has 1 unspecified atom stereocenters. The molecule has 0 spiro atoms. The fourth-order valence-electron chi connectivity index (χ4n) is 2.25. The van der Waals surface area contributed by atoms with Crippen LogP contribution in [0.25, 0.3) is 0 Å². The molecular weight excluding hydrogens is 370 g/mol. The first kappa shape index (κ1) is 19.3. The lowest BCUT2D eigenvalue weighted by molar-refractivity contribution is -0.120. The Morgan fingerprint density at radius 2 is 2.29 bits per heavy atom. The highest BCUT2D eigenvalue weighted by Crippen LogP contribution is 2.27. The molecule has 0 bridgehead atoms. The van der Waals surface area contributed by atoms with Gasteiger partial charge in [0.1, 0.15) is 0 Å². The highest BCUT2D eigenvalue weighted by molar-refractivity contribution is 8.01. The molecule has 1 aliphatic rings. The average Bonchev–Trinajstić information content (AvgIpc) is 3.00. The van der Waals surface area contributed by atoms with Crippen molar-refractivity contribution in [1.29, 1.82) is 0 Å². The normalized spacial score (nSPS) is 19.4. The molecule has 1 saturated heterocycles. The third-order valence-electron chi connectivity index (χ3n) is 3.50. The molecule has 1 fully saturated rings. The second kappa shape index (κ2) is 8.39. The van der Waals surface area contributed by atoms with Crippen LogP contribution in [0.5, 0.6) is 0 Å². The Labute approximate surface area is 150 Å². The largest absolute Gasteiger partial charge is 0.300 e. The predicted octanol–water partition coefficient (Wildman–Crippen LogP) is 1.27. The third kappa shape index (κ3) is 4.76. The number of carbonyl (C=O) groups is 1. The summed E-state index contributed by atoms with van der Waals surface area (Å²) in [5.74, 6) is 0.120. The van der Waals surface area contributed by atoms with Crippen LogP contribution in [0.3, 0.4) is 0 Å². The first-order chi connectivity index (χ1) is 11.3. The smallest absolute Gasteiger partial charge is 0.281 e. The molecule has 1 aromatic heterocycles. The van der Waals surface area contributed by atoms with Crippen LogP contribution in [-0.4, -0.2) is 66.1 Å². The summed E-state index contributed by atoms with van der Waals surface area (Å²) < 4.78 is 27.7. The van der Waals surface area contributed by atoms with Gasteiger partial charge in [0.2, 0.25) is 11.0 Å². The molecule has 1 atom stereocenters. The Balaban J connectivity index is 1.97. The number of thioether (sulfide) groups is 1. The zero-order valence-corrected chi connectivity index (χ0v) is 16.1. The van der Waals surface area contributed by atoms with Gasteiger partial charge in [0.05, 0.1) is 5.92 Å². The van der Waals surface area contributed by atoms with Crippen LogP contribution in [-0.2, 0) is 15.0 Å². The molecule has 134 valence electrons. The van der Waals surface area contributed by atoms with Crippen LogP contribution in [0, 0.1) is 5.92 Å². The number of rotatable bonds is 7. The number of nitrogens with zero attached hydrogens (tertiary/aromatic N) is 4. The van der Waals surface area contributed by atoms with E-state index in [1.165, 1.54) is 45.8 Å². The van der Waals surface area contributed by atoms with Gasteiger partial charge in [-0.05, 0) is 12.8 Å². The minimum absolute atomic E-state index is 0.184. The first-order valence-corrected chi connectivity index (χ1v) is 10.6. The van der Waals surface area contributed by atoms with Crippen LogP contribution in [0.4, 0.5) is 5.13 Å². The van der Waals surface area contributed by atoms with Gasteiger partial charge in [-0.25, -0.2) is 0 Å². The fraction of sp³-hybridized carbons (Fsp3) is 0.615. The van der Waals surface area contributed by atoms with Gasteiger partial charge in [-0.2, -0.15) is 17.0 Å². The molecule has 2 rings (SSSR count). The van der Waals surface area contributed by atoms with E-state index in [4.69, 9.17) is 0 Å². The predicted molar refractivity (Wildman–Crippen MR) is 96.4 cm³/mol. The molecule has 0 aromatic carbocycles. The lowest BCUT2D eigenvalue weighted by atomic mass is 9.99. The minimum Gasteiger partial charge on any atom is -0.300 e. The topological polar surface area (TPSA) is 95.5 Å². The first-order valence-electron chi connectivity index (χ1n) is 7.40. The maximum atomic E-state index is 12.4. The Bertz CT molecular complexity index is 689. The van der Waals surface area contributed by atoms with Crippen molar-refractivity contribution in [2.75, 3.05) is 38.3 Å². The maximum absolute atomic E-state index is 12.4. The van der Waals surface area contributed by atoms with Crippen LogP contribution < -0.4 is 5.32 Å². The Kier molecular flexibility index (Phi) is 6.75. The summed E-state index contributed by atoms with van der Waals surface area (Å²) in [4.78, 5) is 12.4. The van der Waals surface area contributed by atoms with Crippen LogP contribution in [0.2, 0.25) is 0 Å². The number of nitrogens with one attached hydrogen (secondary N) is 1. The quantitative estimate of drug-likeness (QED) is 0.427. The summed E-state index contributed by atoms with van der Waals surface area (Å²) >= 11 is 2.79. The molecule has 1 aliphatic heterocycles. The van der Waals surface area contributed by atoms with E-state index in [-0.39, 0.29) is 18.4 Å². The van der Waals surface area contributed by atoms with Gasteiger partial charge in [0, 0.05) is 32.9 Å². The van der Waals surface area contributed by atoms with Crippen LogP contribution >= 0.6 is 23.1 Å². The van der Waals surface area contributed by atoms with E-state index in [1.807, 2.05) is 0 Å². The lowest BCUT2D eigenvalue weighted by Crippen LogP contribution is -2.47.